The summed E-state index contributed by atoms with van der Waals surface area (Å²) in [7, 11) is 0. The van der Waals surface area contributed by atoms with E-state index in [-0.39, 0.29) is 39.9 Å². The highest BCUT2D eigenvalue weighted by atomic mass is 16.2. The van der Waals surface area contributed by atoms with Crippen molar-refractivity contribution in [1.29, 1.82) is 0 Å². The van der Waals surface area contributed by atoms with Crippen LogP contribution in [0.5, 0.6) is 0 Å². The number of carbonyl (C=O) groups excluding carboxylic acids is 2. The first-order chi connectivity index (χ1) is 14.0. The van der Waals surface area contributed by atoms with Crippen molar-refractivity contribution in [1.82, 2.24) is 20.9 Å². The minimum Gasteiger partial charge on any atom is -0.329 e. The molecular weight excluding hydrogens is 378 g/mol. The number of hydrogen-bond donors (Lipinski definition) is 4. The van der Waals surface area contributed by atoms with E-state index in [9.17, 15) is 9.59 Å². The molecule has 0 bridgehead atoms. The number of imide groups is 1. The molecule has 0 spiro atoms. The number of nitrogens with zero attached hydrogens (tertiary/aromatic N) is 1. The van der Waals surface area contributed by atoms with E-state index in [4.69, 9.17) is 5.73 Å². The Hall–Kier alpha value is -1.02. The molecule has 7 nitrogen and oxygen atoms in total. The van der Waals surface area contributed by atoms with Gasteiger partial charge in [-0.25, -0.2) is 0 Å². The van der Waals surface area contributed by atoms with Crippen molar-refractivity contribution in [2.24, 2.45) is 33.8 Å². The fraction of sp³-hybridized carbons (Fsp3) is 0.913. The molecule has 1 saturated heterocycles. The Morgan fingerprint density at radius 1 is 1.03 bits per heavy atom. The van der Waals surface area contributed by atoms with Gasteiger partial charge >= 0.3 is 0 Å². The number of carbonyl (C=O) groups is 2. The molecule has 5 N–H and O–H groups in total. The van der Waals surface area contributed by atoms with Crippen LogP contribution in [0.3, 0.4) is 0 Å². The number of rotatable bonds is 13. The first-order valence-electron chi connectivity index (χ1n) is 11.7. The Morgan fingerprint density at radius 3 is 2.07 bits per heavy atom. The van der Waals surface area contributed by atoms with E-state index in [0.717, 1.165) is 39.1 Å². The van der Waals surface area contributed by atoms with Crippen LogP contribution in [0.2, 0.25) is 0 Å². The topological polar surface area (TPSA) is 99.5 Å². The molecule has 4 atom stereocenters. The van der Waals surface area contributed by atoms with E-state index in [1.165, 1.54) is 4.90 Å². The molecule has 1 heterocycles. The minimum absolute atomic E-state index is 0.00975. The van der Waals surface area contributed by atoms with Crippen LogP contribution in [0.25, 0.3) is 0 Å². The fourth-order valence-electron chi connectivity index (χ4n) is 5.28. The molecule has 0 aromatic heterocycles. The quantitative estimate of drug-likeness (QED) is 0.262. The van der Waals surface area contributed by atoms with E-state index in [1.807, 2.05) is 0 Å². The Balaban J connectivity index is 1.73. The zero-order valence-corrected chi connectivity index (χ0v) is 20.1. The van der Waals surface area contributed by atoms with Crippen LogP contribution in [0.1, 0.15) is 54.4 Å². The van der Waals surface area contributed by atoms with Crippen LogP contribution in [-0.4, -0.2) is 69.1 Å². The van der Waals surface area contributed by atoms with Crippen molar-refractivity contribution in [2.75, 3.05) is 52.4 Å². The summed E-state index contributed by atoms with van der Waals surface area (Å²) in [5.41, 5.74) is 5.95. The van der Waals surface area contributed by atoms with E-state index < -0.39 is 0 Å². The summed E-state index contributed by atoms with van der Waals surface area (Å²) in [5.74, 6) is 0.0647. The standard InChI is InChI=1S/C23H45N5O2/c1-17(22(5)16-23(22,6)21(2,3)4)18-15-19(29)28(20(18)30)14-13-27-12-11-26-10-9-25-8-7-24/h17-18,25-27H,7-16,24H2,1-6H3. The zero-order chi connectivity index (χ0) is 22.6. The number of amides is 2. The van der Waals surface area contributed by atoms with Gasteiger partial charge in [-0.3, -0.25) is 14.5 Å². The van der Waals surface area contributed by atoms with E-state index >= 15 is 0 Å². The summed E-state index contributed by atoms with van der Waals surface area (Å²) in [4.78, 5) is 27.1. The molecule has 2 aliphatic rings. The lowest BCUT2D eigenvalue weighted by Crippen LogP contribution is -2.40. The molecule has 30 heavy (non-hydrogen) atoms. The second-order valence-corrected chi connectivity index (χ2v) is 10.7. The van der Waals surface area contributed by atoms with Crippen LogP contribution in [0, 0.1) is 28.1 Å². The molecule has 0 aromatic carbocycles. The average Bonchev–Trinajstić information content (AvgIpc) is 3.16. The van der Waals surface area contributed by atoms with Gasteiger partial charge < -0.3 is 21.7 Å². The molecule has 1 aliphatic heterocycles. The highest BCUT2D eigenvalue weighted by Gasteiger charge is 2.69. The third-order valence-electron chi connectivity index (χ3n) is 8.19. The van der Waals surface area contributed by atoms with E-state index in [2.05, 4.69) is 57.5 Å². The number of nitrogens with two attached hydrogens (primary N) is 1. The smallest absolute Gasteiger partial charge is 0.233 e. The Morgan fingerprint density at radius 2 is 1.57 bits per heavy atom. The van der Waals surface area contributed by atoms with Gasteiger partial charge in [0, 0.05) is 58.8 Å². The maximum Gasteiger partial charge on any atom is 0.233 e. The maximum absolute atomic E-state index is 13.0. The first-order valence-corrected chi connectivity index (χ1v) is 11.7. The monoisotopic (exact) mass is 423 g/mol. The van der Waals surface area contributed by atoms with Gasteiger partial charge in [-0.05, 0) is 28.6 Å². The summed E-state index contributed by atoms with van der Waals surface area (Å²) in [5, 5.41) is 9.90. The molecule has 4 unspecified atom stereocenters. The Labute approximate surface area is 183 Å². The Bertz CT molecular complexity index is 605. The second kappa shape index (κ2) is 10.1. The van der Waals surface area contributed by atoms with Crippen molar-refractivity contribution in [3.63, 3.8) is 0 Å². The predicted molar refractivity (Wildman–Crippen MR) is 122 cm³/mol. The molecule has 1 aliphatic carbocycles. The van der Waals surface area contributed by atoms with Crippen molar-refractivity contribution in [3.8, 4) is 0 Å². The molecule has 1 saturated carbocycles. The van der Waals surface area contributed by atoms with Crippen LogP contribution in [0.4, 0.5) is 0 Å². The van der Waals surface area contributed by atoms with Gasteiger partial charge in [0.2, 0.25) is 11.8 Å². The van der Waals surface area contributed by atoms with Crippen LogP contribution in [0.15, 0.2) is 0 Å². The summed E-state index contributed by atoms with van der Waals surface area (Å²) in [6, 6.07) is 0. The highest BCUT2D eigenvalue weighted by Crippen LogP contribution is 2.75. The summed E-state index contributed by atoms with van der Waals surface area (Å²) in [6.07, 6.45) is 1.49. The average molecular weight is 424 g/mol. The Kier molecular flexibility index (Phi) is 8.47. The number of likely N-dealkylation sites (tertiary alicyclic amines) is 1. The van der Waals surface area contributed by atoms with Crippen LogP contribution in [-0.2, 0) is 9.59 Å². The SMILES string of the molecule is CC(C1CC(=O)N(CCNCCNCCNCCN)C1=O)C1(C)CC1(C)C(C)(C)C. The maximum atomic E-state index is 13.0. The van der Waals surface area contributed by atoms with Gasteiger partial charge in [-0.2, -0.15) is 0 Å². The van der Waals surface area contributed by atoms with Crippen molar-refractivity contribution in [3.05, 3.63) is 0 Å². The molecule has 2 amide bonds. The van der Waals surface area contributed by atoms with Crippen molar-refractivity contribution >= 4 is 11.8 Å². The van der Waals surface area contributed by atoms with Gasteiger partial charge in [0.1, 0.15) is 0 Å². The lowest BCUT2D eigenvalue weighted by atomic mass is 9.68. The van der Waals surface area contributed by atoms with Crippen LogP contribution < -0.4 is 21.7 Å². The van der Waals surface area contributed by atoms with Gasteiger partial charge in [-0.1, -0.05) is 41.5 Å². The molecular formula is C23H45N5O2. The first kappa shape index (κ1) is 25.2. The summed E-state index contributed by atoms with van der Waals surface area (Å²) < 4.78 is 0. The molecule has 0 aromatic rings. The minimum atomic E-state index is -0.172. The van der Waals surface area contributed by atoms with Gasteiger partial charge in [0.05, 0.1) is 5.92 Å². The third kappa shape index (κ3) is 5.23. The molecule has 0 radical (unpaired) electrons. The van der Waals surface area contributed by atoms with Crippen LogP contribution >= 0.6 is 0 Å². The molecule has 7 heteroatoms. The van der Waals surface area contributed by atoms with Gasteiger partial charge in [-0.15, -0.1) is 0 Å². The predicted octanol–water partition coefficient (Wildman–Crippen LogP) is 1.19. The van der Waals surface area contributed by atoms with E-state index in [1.54, 1.807) is 0 Å². The number of hydrogen-bond acceptors (Lipinski definition) is 6. The fourth-order valence-corrected chi connectivity index (χ4v) is 5.28. The highest BCUT2D eigenvalue weighted by molar-refractivity contribution is 6.03. The second-order valence-electron chi connectivity index (χ2n) is 10.7. The molecule has 2 rings (SSSR count). The van der Waals surface area contributed by atoms with Crippen molar-refractivity contribution < 1.29 is 9.59 Å². The summed E-state index contributed by atoms with van der Waals surface area (Å²) >= 11 is 0. The van der Waals surface area contributed by atoms with Gasteiger partial charge in [0.25, 0.3) is 0 Å². The molecule has 174 valence electrons. The third-order valence-corrected chi connectivity index (χ3v) is 8.19. The van der Waals surface area contributed by atoms with Gasteiger partial charge in [0.15, 0.2) is 0 Å². The zero-order valence-electron chi connectivity index (χ0n) is 20.1. The van der Waals surface area contributed by atoms with Crippen molar-refractivity contribution in [2.45, 2.75) is 54.4 Å². The lowest BCUT2D eigenvalue weighted by Gasteiger charge is -2.36. The molecule has 2 fully saturated rings. The van der Waals surface area contributed by atoms with E-state index in [0.29, 0.717) is 26.1 Å². The summed E-state index contributed by atoms with van der Waals surface area (Å²) in [6.45, 7) is 19.8. The normalized spacial score (nSPS) is 30.2. The number of nitrogens with one attached hydrogen (secondary N) is 3. The lowest BCUT2D eigenvalue weighted by molar-refractivity contribution is -0.140. The largest absolute Gasteiger partial charge is 0.329 e.